The number of nitrogens with zero attached hydrogens (tertiary/aromatic N) is 1. The van der Waals surface area contributed by atoms with Crippen molar-refractivity contribution in [2.24, 2.45) is 0 Å². The largest absolute Gasteiger partial charge is 0.335 e. The standard InChI is InChI=1S/C15H28N2O3S/c1-2-9-16-11-15(18)17(13-6-4-3-5-7-13)14-8-10-21(19,20)12-14/h13-14,16H,2-12H2,1H3. The molecule has 1 saturated heterocycles. The first-order valence-corrected chi connectivity index (χ1v) is 10.1. The van der Waals surface area contributed by atoms with E-state index in [4.69, 9.17) is 0 Å². The molecule has 1 amide bonds. The van der Waals surface area contributed by atoms with Gasteiger partial charge in [-0.3, -0.25) is 4.79 Å². The molecule has 1 heterocycles. The number of sulfone groups is 1. The number of carbonyl (C=O) groups excluding carboxylic acids is 1. The molecule has 5 nitrogen and oxygen atoms in total. The summed E-state index contributed by atoms with van der Waals surface area (Å²) >= 11 is 0. The Morgan fingerprint density at radius 1 is 1.14 bits per heavy atom. The zero-order valence-corrected chi connectivity index (χ0v) is 13.8. The van der Waals surface area contributed by atoms with Crippen molar-refractivity contribution < 1.29 is 13.2 Å². The SMILES string of the molecule is CCCNCC(=O)N(C1CCCCC1)C1CCS(=O)(=O)C1. The van der Waals surface area contributed by atoms with Crippen LogP contribution < -0.4 is 5.32 Å². The van der Waals surface area contributed by atoms with Gasteiger partial charge in [0.25, 0.3) is 0 Å². The van der Waals surface area contributed by atoms with Gasteiger partial charge in [0.05, 0.1) is 18.1 Å². The highest BCUT2D eigenvalue weighted by Gasteiger charge is 2.38. The predicted molar refractivity (Wildman–Crippen MR) is 83.9 cm³/mol. The number of nitrogens with one attached hydrogen (secondary N) is 1. The summed E-state index contributed by atoms with van der Waals surface area (Å²) in [5.74, 6) is 0.469. The zero-order valence-electron chi connectivity index (χ0n) is 13.0. The molecule has 1 atom stereocenters. The van der Waals surface area contributed by atoms with Crippen LogP contribution in [0.5, 0.6) is 0 Å². The highest BCUT2D eigenvalue weighted by Crippen LogP contribution is 2.28. The molecule has 0 aromatic heterocycles. The first-order valence-electron chi connectivity index (χ1n) is 8.26. The molecule has 0 spiro atoms. The molecule has 2 rings (SSSR count). The van der Waals surface area contributed by atoms with Gasteiger partial charge in [0.1, 0.15) is 0 Å². The monoisotopic (exact) mass is 316 g/mol. The van der Waals surface area contributed by atoms with Crippen molar-refractivity contribution in [2.45, 2.75) is 64.0 Å². The molecule has 0 radical (unpaired) electrons. The third-order valence-corrected chi connectivity index (χ3v) is 6.31. The summed E-state index contributed by atoms with van der Waals surface area (Å²) in [6.07, 6.45) is 7.18. The molecule has 1 aliphatic heterocycles. The van der Waals surface area contributed by atoms with Gasteiger partial charge in [-0.2, -0.15) is 0 Å². The maximum Gasteiger partial charge on any atom is 0.237 e. The summed E-state index contributed by atoms with van der Waals surface area (Å²) in [6.45, 7) is 3.23. The summed E-state index contributed by atoms with van der Waals surface area (Å²) in [5.41, 5.74) is 0. The average Bonchev–Trinajstić information content (AvgIpc) is 2.80. The van der Waals surface area contributed by atoms with E-state index in [-0.39, 0.29) is 29.5 Å². The van der Waals surface area contributed by atoms with Crippen molar-refractivity contribution in [2.75, 3.05) is 24.6 Å². The van der Waals surface area contributed by atoms with Gasteiger partial charge in [0.2, 0.25) is 5.91 Å². The summed E-state index contributed by atoms with van der Waals surface area (Å²) in [7, 11) is -2.95. The number of hydrogen-bond donors (Lipinski definition) is 1. The predicted octanol–water partition coefficient (Wildman–Crippen LogP) is 1.33. The minimum atomic E-state index is -2.95. The minimum Gasteiger partial charge on any atom is -0.335 e. The fourth-order valence-electron chi connectivity index (χ4n) is 3.52. The van der Waals surface area contributed by atoms with E-state index in [1.807, 2.05) is 4.90 Å². The van der Waals surface area contributed by atoms with Crippen molar-refractivity contribution in [1.29, 1.82) is 0 Å². The lowest BCUT2D eigenvalue weighted by molar-refractivity contribution is -0.135. The second-order valence-electron chi connectivity index (χ2n) is 6.33. The van der Waals surface area contributed by atoms with E-state index in [2.05, 4.69) is 12.2 Å². The van der Waals surface area contributed by atoms with E-state index in [1.165, 1.54) is 6.42 Å². The molecule has 6 heteroatoms. The molecule has 0 aromatic carbocycles. The Balaban J connectivity index is 2.04. The average molecular weight is 316 g/mol. The molecule has 21 heavy (non-hydrogen) atoms. The van der Waals surface area contributed by atoms with E-state index in [0.29, 0.717) is 13.0 Å². The molecule has 0 aromatic rings. The van der Waals surface area contributed by atoms with E-state index in [1.54, 1.807) is 0 Å². The van der Waals surface area contributed by atoms with Gasteiger partial charge >= 0.3 is 0 Å². The van der Waals surface area contributed by atoms with Crippen LogP contribution in [0.15, 0.2) is 0 Å². The first kappa shape index (κ1) is 16.7. The number of rotatable bonds is 6. The summed E-state index contributed by atoms with van der Waals surface area (Å²) < 4.78 is 23.5. The van der Waals surface area contributed by atoms with E-state index in [9.17, 15) is 13.2 Å². The Morgan fingerprint density at radius 3 is 2.43 bits per heavy atom. The lowest BCUT2D eigenvalue weighted by Crippen LogP contribution is -2.51. The maximum absolute atomic E-state index is 12.6. The van der Waals surface area contributed by atoms with E-state index < -0.39 is 9.84 Å². The minimum absolute atomic E-state index is 0.0810. The fourth-order valence-corrected chi connectivity index (χ4v) is 5.23. The van der Waals surface area contributed by atoms with Crippen LogP contribution >= 0.6 is 0 Å². The van der Waals surface area contributed by atoms with Crippen molar-refractivity contribution >= 4 is 15.7 Å². The summed E-state index contributed by atoms with van der Waals surface area (Å²) in [5, 5.41) is 3.16. The summed E-state index contributed by atoms with van der Waals surface area (Å²) in [6, 6.07) is 0.141. The Bertz CT molecular complexity index is 444. The second-order valence-corrected chi connectivity index (χ2v) is 8.56. The van der Waals surface area contributed by atoms with Gasteiger partial charge in [-0.1, -0.05) is 26.2 Å². The highest BCUT2D eigenvalue weighted by atomic mass is 32.2. The van der Waals surface area contributed by atoms with Crippen LogP contribution in [0.3, 0.4) is 0 Å². The lowest BCUT2D eigenvalue weighted by Gasteiger charge is -2.38. The molecular weight excluding hydrogens is 288 g/mol. The zero-order chi connectivity index (χ0) is 15.3. The van der Waals surface area contributed by atoms with Crippen molar-refractivity contribution in [3.05, 3.63) is 0 Å². The van der Waals surface area contributed by atoms with Crippen LogP contribution in [0.4, 0.5) is 0 Å². The van der Waals surface area contributed by atoms with Crippen molar-refractivity contribution in [3.63, 3.8) is 0 Å². The normalized spacial score (nSPS) is 25.9. The second kappa shape index (κ2) is 7.58. The molecule has 122 valence electrons. The number of carbonyl (C=O) groups is 1. The van der Waals surface area contributed by atoms with Gasteiger partial charge in [-0.05, 0) is 32.2 Å². The Kier molecular flexibility index (Phi) is 6.05. The third-order valence-electron chi connectivity index (χ3n) is 4.56. The lowest BCUT2D eigenvalue weighted by atomic mass is 9.93. The van der Waals surface area contributed by atoms with Crippen LogP contribution in [0.1, 0.15) is 51.9 Å². The van der Waals surface area contributed by atoms with E-state index in [0.717, 1.165) is 38.6 Å². The first-order chi connectivity index (χ1) is 10.0. The van der Waals surface area contributed by atoms with Crippen LogP contribution in [0.2, 0.25) is 0 Å². The van der Waals surface area contributed by atoms with Crippen LogP contribution in [-0.2, 0) is 14.6 Å². The number of amides is 1. The molecule has 1 aliphatic carbocycles. The van der Waals surface area contributed by atoms with Gasteiger partial charge in [-0.25, -0.2) is 8.42 Å². The molecule has 2 aliphatic rings. The molecule has 2 fully saturated rings. The van der Waals surface area contributed by atoms with Gasteiger partial charge in [0, 0.05) is 12.1 Å². The summed E-state index contributed by atoms with van der Waals surface area (Å²) in [4.78, 5) is 14.5. The van der Waals surface area contributed by atoms with Gasteiger partial charge in [0.15, 0.2) is 9.84 Å². The van der Waals surface area contributed by atoms with Crippen molar-refractivity contribution in [1.82, 2.24) is 10.2 Å². The Labute approximate surface area is 128 Å². The molecular formula is C15H28N2O3S. The van der Waals surface area contributed by atoms with Crippen molar-refractivity contribution in [3.8, 4) is 0 Å². The smallest absolute Gasteiger partial charge is 0.237 e. The Morgan fingerprint density at radius 2 is 1.86 bits per heavy atom. The quantitative estimate of drug-likeness (QED) is 0.751. The molecule has 1 N–H and O–H groups in total. The molecule has 0 bridgehead atoms. The van der Waals surface area contributed by atoms with E-state index >= 15 is 0 Å². The topological polar surface area (TPSA) is 66.5 Å². The molecule has 1 unspecified atom stereocenters. The van der Waals surface area contributed by atoms with Crippen LogP contribution in [0.25, 0.3) is 0 Å². The molecule has 1 saturated carbocycles. The third kappa shape index (κ3) is 4.68. The van der Waals surface area contributed by atoms with Gasteiger partial charge < -0.3 is 10.2 Å². The highest BCUT2D eigenvalue weighted by molar-refractivity contribution is 7.91. The van der Waals surface area contributed by atoms with Gasteiger partial charge in [-0.15, -0.1) is 0 Å². The fraction of sp³-hybridized carbons (Fsp3) is 0.933. The maximum atomic E-state index is 12.6. The van der Waals surface area contributed by atoms with Crippen LogP contribution in [0, 0.1) is 0 Å². The number of hydrogen-bond acceptors (Lipinski definition) is 4. The van der Waals surface area contributed by atoms with Crippen LogP contribution in [-0.4, -0.2) is 55.9 Å². The Hall–Kier alpha value is -0.620.